The standard InChI is InChI=1S/C26H38O8/c1-5-32-22(29)21-7-6-19-18-9-12-25(34-16(3)28)14-17(33-15(2)27)8-13-26(25,23(30)31)20(18)10-11-24(19,21)4/h17-21H,5-14H2,1-4H3,(H,30,31)/t17-,18+,19-,20+,21+,24+,25+,26-/m1/s1. The van der Waals surface area contributed by atoms with Crippen molar-refractivity contribution in [1.82, 2.24) is 0 Å². The zero-order valence-corrected chi connectivity index (χ0v) is 20.8. The van der Waals surface area contributed by atoms with Gasteiger partial charge in [-0.05, 0) is 81.5 Å². The quantitative estimate of drug-likeness (QED) is 0.467. The Labute approximate surface area is 201 Å². The van der Waals surface area contributed by atoms with Crippen LogP contribution in [0.3, 0.4) is 0 Å². The minimum atomic E-state index is -1.22. The summed E-state index contributed by atoms with van der Waals surface area (Å²) >= 11 is 0. The molecule has 0 radical (unpaired) electrons. The van der Waals surface area contributed by atoms with Crippen LogP contribution in [0.5, 0.6) is 0 Å². The van der Waals surface area contributed by atoms with Crippen molar-refractivity contribution in [2.24, 2.45) is 34.5 Å². The van der Waals surface area contributed by atoms with Crippen molar-refractivity contribution in [2.75, 3.05) is 6.61 Å². The number of ether oxygens (including phenoxy) is 3. The molecule has 4 rings (SSSR count). The van der Waals surface area contributed by atoms with Crippen molar-refractivity contribution < 1.29 is 38.5 Å². The van der Waals surface area contributed by atoms with Gasteiger partial charge in [-0.2, -0.15) is 0 Å². The first-order valence-corrected chi connectivity index (χ1v) is 12.8. The third-order valence-electron chi connectivity index (χ3n) is 9.81. The molecule has 190 valence electrons. The van der Waals surface area contributed by atoms with Crippen LogP contribution in [-0.4, -0.2) is 47.3 Å². The average molecular weight is 479 g/mol. The second kappa shape index (κ2) is 8.83. The van der Waals surface area contributed by atoms with E-state index in [1.54, 1.807) is 0 Å². The molecule has 4 saturated carbocycles. The molecule has 0 aliphatic heterocycles. The van der Waals surface area contributed by atoms with Crippen LogP contribution in [0, 0.1) is 34.5 Å². The van der Waals surface area contributed by atoms with Gasteiger partial charge in [0.05, 0.1) is 12.5 Å². The number of carbonyl (C=O) groups excluding carboxylic acids is 3. The molecular weight excluding hydrogens is 440 g/mol. The van der Waals surface area contributed by atoms with E-state index in [9.17, 15) is 24.3 Å². The molecule has 0 spiro atoms. The summed E-state index contributed by atoms with van der Waals surface area (Å²) in [6, 6.07) is 0. The maximum Gasteiger partial charge on any atom is 0.314 e. The molecule has 0 heterocycles. The lowest BCUT2D eigenvalue weighted by Crippen LogP contribution is -2.68. The Morgan fingerprint density at radius 1 is 0.912 bits per heavy atom. The van der Waals surface area contributed by atoms with E-state index in [4.69, 9.17) is 14.2 Å². The summed E-state index contributed by atoms with van der Waals surface area (Å²) in [6.45, 7) is 7.03. The highest BCUT2D eigenvalue weighted by molar-refractivity contribution is 5.79. The number of carboxylic acids is 1. The summed E-state index contributed by atoms with van der Waals surface area (Å²) in [5, 5.41) is 10.8. The van der Waals surface area contributed by atoms with E-state index < -0.39 is 35.0 Å². The summed E-state index contributed by atoms with van der Waals surface area (Å²) in [7, 11) is 0. The highest BCUT2D eigenvalue weighted by atomic mass is 16.6. The first-order valence-electron chi connectivity index (χ1n) is 12.8. The number of carbonyl (C=O) groups is 4. The molecule has 34 heavy (non-hydrogen) atoms. The van der Waals surface area contributed by atoms with Crippen LogP contribution in [0.2, 0.25) is 0 Å². The predicted molar refractivity (Wildman–Crippen MR) is 120 cm³/mol. The molecule has 0 aromatic carbocycles. The van der Waals surface area contributed by atoms with Crippen LogP contribution >= 0.6 is 0 Å². The van der Waals surface area contributed by atoms with Crippen LogP contribution in [0.15, 0.2) is 0 Å². The van der Waals surface area contributed by atoms with Crippen molar-refractivity contribution in [3.63, 3.8) is 0 Å². The molecule has 0 bridgehead atoms. The molecule has 4 aliphatic rings. The van der Waals surface area contributed by atoms with E-state index in [1.807, 2.05) is 6.92 Å². The van der Waals surface area contributed by atoms with Gasteiger partial charge in [-0.25, -0.2) is 0 Å². The van der Waals surface area contributed by atoms with E-state index in [-0.39, 0.29) is 41.5 Å². The molecule has 4 fully saturated rings. The monoisotopic (exact) mass is 478 g/mol. The minimum Gasteiger partial charge on any atom is -0.481 e. The molecule has 0 unspecified atom stereocenters. The summed E-state index contributed by atoms with van der Waals surface area (Å²) in [6.07, 6.45) is 4.72. The van der Waals surface area contributed by atoms with Gasteiger partial charge in [-0.15, -0.1) is 0 Å². The van der Waals surface area contributed by atoms with E-state index in [2.05, 4.69) is 6.92 Å². The fourth-order valence-electron chi connectivity index (χ4n) is 8.70. The first kappa shape index (κ1) is 25.0. The van der Waals surface area contributed by atoms with Crippen molar-refractivity contribution in [2.45, 2.75) is 97.2 Å². The molecule has 0 aromatic heterocycles. The van der Waals surface area contributed by atoms with Crippen LogP contribution in [0.4, 0.5) is 0 Å². The topological polar surface area (TPSA) is 116 Å². The number of esters is 3. The van der Waals surface area contributed by atoms with Crippen LogP contribution in [-0.2, 0) is 33.4 Å². The molecule has 8 atom stereocenters. The molecule has 8 nitrogen and oxygen atoms in total. The zero-order valence-electron chi connectivity index (χ0n) is 20.8. The van der Waals surface area contributed by atoms with E-state index in [1.165, 1.54) is 13.8 Å². The number of aliphatic carboxylic acids is 1. The molecule has 0 aromatic rings. The number of fused-ring (bicyclic) bond motifs is 5. The van der Waals surface area contributed by atoms with Gasteiger partial charge in [0.25, 0.3) is 0 Å². The smallest absolute Gasteiger partial charge is 0.314 e. The summed E-state index contributed by atoms with van der Waals surface area (Å²) in [5.74, 6) is -1.91. The number of rotatable bonds is 5. The Morgan fingerprint density at radius 3 is 2.26 bits per heavy atom. The Hall–Kier alpha value is -2.12. The third kappa shape index (κ3) is 3.63. The van der Waals surface area contributed by atoms with Gasteiger partial charge in [0.1, 0.15) is 17.1 Å². The van der Waals surface area contributed by atoms with Crippen molar-refractivity contribution >= 4 is 23.9 Å². The number of hydrogen-bond donors (Lipinski definition) is 1. The Kier molecular flexibility index (Phi) is 6.49. The third-order valence-corrected chi connectivity index (χ3v) is 9.81. The second-order valence-electron chi connectivity index (χ2n) is 11.2. The lowest BCUT2D eigenvalue weighted by Gasteiger charge is -2.63. The zero-order chi connectivity index (χ0) is 24.9. The van der Waals surface area contributed by atoms with Gasteiger partial charge in [-0.1, -0.05) is 6.92 Å². The van der Waals surface area contributed by atoms with E-state index in [0.717, 1.165) is 25.7 Å². The lowest BCUT2D eigenvalue weighted by molar-refractivity contribution is -0.247. The van der Waals surface area contributed by atoms with Crippen LogP contribution < -0.4 is 0 Å². The fourth-order valence-corrected chi connectivity index (χ4v) is 8.70. The Morgan fingerprint density at radius 2 is 1.65 bits per heavy atom. The van der Waals surface area contributed by atoms with E-state index >= 15 is 0 Å². The van der Waals surface area contributed by atoms with Gasteiger partial charge < -0.3 is 19.3 Å². The van der Waals surface area contributed by atoms with Gasteiger partial charge in [0.2, 0.25) is 0 Å². The molecular formula is C26H38O8. The lowest BCUT2D eigenvalue weighted by atomic mass is 9.42. The van der Waals surface area contributed by atoms with Gasteiger partial charge in [0, 0.05) is 20.3 Å². The Bertz CT molecular complexity index is 869. The summed E-state index contributed by atoms with van der Waals surface area (Å²) in [5.41, 5.74) is -2.62. The highest BCUT2D eigenvalue weighted by Crippen LogP contribution is 2.69. The summed E-state index contributed by atoms with van der Waals surface area (Å²) < 4.78 is 16.8. The SMILES string of the molecule is CCOC(=O)[C@@H]1CC[C@@H]2[C@@H]3CC[C@]4(OC(C)=O)C[C@H](OC(C)=O)CC[C@]4(C(=O)O)[C@H]3CC[C@@]21C. The highest BCUT2D eigenvalue weighted by Gasteiger charge is 2.72. The molecule has 0 saturated heterocycles. The normalized spacial score (nSPS) is 43.0. The minimum absolute atomic E-state index is 0.133. The van der Waals surface area contributed by atoms with Gasteiger partial charge in [0.15, 0.2) is 0 Å². The second-order valence-corrected chi connectivity index (χ2v) is 11.2. The van der Waals surface area contributed by atoms with Gasteiger partial charge in [-0.3, -0.25) is 19.2 Å². The van der Waals surface area contributed by atoms with Gasteiger partial charge >= 0.3 is 23.9 Å². The largest absolute Gasteiger partial charge is 0.481 e. The Balaban J connectivity index is 1.71. The fraction of sp³-hybridized carbons (Fsp3) is 0.846. The molecule has 1 N–H and O–H groups in total. The molecule has 4 aliphatic carbocycles. The van der Waals surface area contributed by atoms with Crippen LogP contribution in [0.1, 0.15) is 85.5 Å². The first-order chi connectivity index (χ1) is 16.0. The van der Waals surface area contributed by atoms with E-state index in [0.29, 0.717) is 32.3 Å². The maximum atomic E-state index is 13.1. The van der Waals surface area contributed by atoms with Crippen molar-refractivity contribution in [1.29, 1.82) is 0 Å². The predicted octanol–water partition coefficient (Wildman–Crippen LogP) is 3.89. The molecule has 8 heteroatoms. The number of hydrogen-bond acceptors (Lipinski definition) is 7. The summed E-state index contributed by atoms with van der Waals surface area (Å²) in [4.78, 5) is 49.8. The molecule has 0 amide bonds. The van der Waals surface area contributed by atoms with Crippen molar-refractivity contribution in [3.8, 4) is 0 Å². The van der Waals surface area contributed by atoms with Crippen molar-refractivity contribution in [3.05, 3.63) is 0 Å². The maximum absolute atomic E-state index is 13.1. The number of carboxylic acid groups (broad SMARTS) is 1. The average Bonchev–Trinajstić information content (AvgIpc) is 3.09. The van der Waals surface area contributed by atoms with Crippen LogP contribution in [0.25, 0.3) is 0 Å².